The van der Waals surface area contributed by atoms with Crippen LogP contribution in [0.5, 0.6) is 0 Å². The second-order valence-electron chi connectivity index (χ2n) is 4.91. The number of hydrogen-bond donors (Lipinski definition) is 3. The highest BCUT2D eigenvalue weighted by Gasteiger charge is 2.18. The molecule has 8 heteroatoms. The summed E-state index contributed by atoms with van der Waals surface area (Å²) in [5.74, 6) is 0. The molecule has 0 aromatic carbocycles. The van der Waals surface area contributed by atoms with E-state index in [1.165, 1.54) is 12.4 Å². The Balaban J connectivity index is 2.18. The molecular formula is C12H19N5O2S. The van der Waals surface area contributed by atoms with E-state index >= 15 is 0 Å². The van der Waals surface area contributed by atoms with Gasteiger partial charge in [-0.3, -0.25) is 9.82 Å². The largest absolute Gasteiger partial charge is 0.352 e. The lowest BCUT2D eigenvalue weighted by Gasteiger charge is -2.08. The number of hydrogen-bond acceptors (Lipinski definition) is 4. The Bertz CT molecular complexity index is 658. The first kappa shape index (κ1) is 14.6. The van der Waals surface area contributed by atoms with E-state index in [4.69, 9.17) is 0 Å². The molecule has 2 heterocycles. The highest BCUT2D eigenvalue weighted by atomic mass is 32.2. The molecule has 110 valence electrons. The number of anilines is 1. The fraction of sp³-hybridized carbons (Fsp3) is 0.417. The van der Waals surface area contributed by atoms with Crippen LogP contribution in [0, 0.1) is 0 Å². The summed E-state index contributed by atoms with van der Waals surface area (Å²) in [4.78, 5) is 0.238. The van der Waals surface area contributed by atoms with Gasteiger partial charge in [-0.1, -0.05) is 13.8 Å². The first-order valence-electron chi connectivity index (χ1n) is 6.28. The minimum atomic E-state index is -3.58. The van der Waals surface area contributed by atoms with Crippen molar-refractivity contribution in [1.82, 2.24) is 20.1 Å². The molecule has 0 saturated carbocycles. The minimum absolute atomic E-state index is 0.238. The van der Waals surface area contributed by atoms with Crippen molar-refractivity contribution in [1.29, 1.82) is 0 Å². The van der Waals surface area contributed by atoms with Crippen LogP contribution in [0.25, 0.3) is 0 Å². The number of aromatic amines is 1. The molecule has 7 nitrogen and oxygen atoms in total. The molecule has 3 N–H and O–H groups in total. The van der Waals surface area contributed by atoms with Crippen molar-refractivity contribution in [2.24, 2.45) is 7.05 Å². The Morgan fingerprint density at radius 3 is 2.80 bits per heavy atom. The molecule has 2 aromatic rings. The van der Waals surface area contributed by atoms with Crippen molar-refractivity contribution in [2.45, 2.75) is 31.3 Å². The maximum Gasteiger partial charge on any atom is 0.263 e. The fourth-order valence-electron chi connectivity index (χ4n) is 1.73. The van der Waals surface area contributed by atoms with Crippen molar-refractivity contribution in [3.05, 3.63) is 30.4 Å². The van der Waals surface area contributed by atoms with E-state index in [9.17, 15) is 8.42 Å². The Morgan fingerprint density at radius 2 is 2.20 bits per heavy atom. The highest BCUT2D eigenvalue weighted by Crippen LogP contribution is 2.17. The van der Waals surface area contributed by atoms with Gasteiger partial charge in [0.25, 0.3) is 10.0 Å². The van der Waals surface area contributed by atoms with Gasteiger partial charge in [0.15, 0.2) is 0 Å². The highest BCUT2D eigenvalue weighted by molar-refractivity contribution is 7.92. The van der Waals surface area contributed by atoms with Crippen LogP contribution in [0.2, 0.25) is 0 Å². The minimum Gasteiger partial charge on any atom is -0.352 e. The third-order valence-corrected chi connectivity index (χ3v) is 4.18. The number of aryl methyl sites for hydroxylation is 1. The van der Waals surface area contributed by atoms with Gasteiger partial charge in [0.2, 0.25) is 0 Å². The summed E-state index contributed by atoms with van der Waals surface area (Å²) in [7, 11) is -1.75. The van der Waals surface area contributed by atoms with Crippen LogP contribution in [-0.2, 0) is 23.6 Å². The van der Waals surface area contributed by atoms with Gasteiger partial charge >= 0.3 is 0 Å². The molecule has 0 saturated heterocycles. The summed E-state index contributed by atoms with van der Waals surface area (Å²) >= 11 is 0. The molecule has 2 aromatic heterocycles. The molecular weight excluding hydrogens is 278 g/mol. The van der Waals surface area contributed by atoms with Crippen LogP contribution in [0.3, 0.4) is 0 Å². The van der Waals surface area contributed by atoms with Crippen LogP contribution < -0.4 is 10.0 Å². The Hall–Kier alpha value is -1.80. The van der Waals surface area contributed by atoms with Gasteiger partial charge in [0.1, 0.15) is 4.90 Å². The molecule has 0 spiro atoms. The van der Waals surface area contributed by atoms with Crippen molar-refractivity contribution in [3.63, 3.8) is 0 Å². The van der Waals surface area contributed by atoms with E-state index in [-0.39, 0.29) is 4.90 Å². The summed E-state index contributed by atoms with van der Waals surface area (Å²) in [5, 5.41) is 9.53. The molecule has 0 aliphatic heterocycles. The first-order chi connectivity index (χ1) is 9.38. The number of H-pyrrole nitrogens is 1. The van der Waals surface area contributed by atoms with E-state index < -0.39 is 10.0 Å². The van der Waals surface area contributed by atoms with Crippen molar-refractivity contribution >= 4 is 15.7 Å². The van der Waals surface area contributed by atoms with Crippen LogP contribution >= 0.6 is 0 Å². The average molecular weight is 297 g/mol. The first-order valence-corrected chi connectivity index (χ1v) is 7.77. The van der Waals surface area contributed by atoms with Crippen molar-refractivity contribution < 1.29 is 8.42 Å². The van der Waals surface area contributed by atoms with Crippen LogP contribution in [-0.4, -0.2) is 29.2 Å². The van der Waals surface area contributed by atoms with Crippen LogP contribution in [0.1, 0.15) is 19.5 Å². The van der Waals surface area contributed by atoms with Gasteiger partial charge in [-0.25, -0.2) is 8.42 Å². The molecule has 0 radical (unpaired) electrons. The molecule has 0 fully saturated rings. The summed E-state index contributed by atoms with van der Waals surface area (Å²) in [6, 6.07) is 2.01. The molecule has 0 amide bonds. The van der Waals surface area contributed by atoms with Gasteiger partial charge < -0.3 is 9.88 Å². The molecule has 2 rings (SSSR count). The Morgan fingerprint density at radius 1 is 1.45 bits per heavy atom. The van der Waals surface area contributed by atoms with Gasteiger partial charge in [0, 0.05) is 37.7 Å². The third-order valence-electron chi connectivity index (χ3n) is 2.83. The second kappa shape index (κ2) is 5.68. The van der Waals surface area contributed by atoms with E-state index in [0.717, 1.165) is 5.69 Å². The lowest BCUT2D eigenvalue weighted by Crippen LogP contribution is -2.22. The van der Waals surface area contributed by atoms with E-state index in [0.29, 0.717) is 18.3 Å². The van der Waals surface area contributed by atoms with E-state index in [1.54, 1.807) is 16.8 Å². The summed E-state index contributed by atoms with van der Waals surface area (Å²) in [5.41, 5.74) is 1.32. The third kappa shape index (κ3) is 3.40. The predicted molar refractivity (Wildman–Crippen MR) is 76.8 cm³/mol. The zero-order valence-corrected chi connectivity index (χ0v) is 12.5. The monoisotopic (exact) mass is 297 g/mol. The zero-order chi connectivity index (χ0) is 14.8. The summed E-state index contributed by atoms with van der Waals surface area (Å²) in [6.45, 7) is 4.71. The fourth-order valence-corrected chi connectivity index (χ4v) is 2.86. The standard InChI is InChI=1S/C12H19N5O2S/c1-9(2)13-7-11-4-12(8-17(11)3)20(18,19)16-10-5-14-15-6-10/h4-6,8-9,13,16H,7H2,1-3H3,(H,14,15). The molecule has 0 aliphatic carbocycles. The van der Waals surface area contributed by atoms with E-state index in [2.05, 4.69) is 20.2 Å². The summed E-state index contributed by atoms with van der Waals surface area (Å²) in [6.07, 6.45) is 4.50. The second-order valence-corrected chi connectivity index (χ2v) is 6.59. The van der Waals surface area contributed by atoms with Gasteiger partial charge in [-0.2, -0.15) is 5.10 Å². The lowest BCUT2D eigenvalue weighted by molar-refractivity contribution is 0.571. The SMILES string of the molecule is CC(C)NCc1cc(S(=O)(=O)Nc2cn[nH]c2)cn1C. The van der Waals surface area contributed by atoms with Gasteiger partial charge in [0.05, 0.1) is 11.9 Å². The Labute approximate surface area is 118 Å². The Kier molecular flexibility index (Phi) is 4.15. The number of sulfonamides is 1. The lowest BCUT2D eigenvalue weighted by atomic mass is 10.3. The summed E-state index contributed by atoms with van der Waals surface area (Å²) < 4.78 is 28.7. The smallest absolute Gasteiger partial charge is 0.263 e. The molecule has 20 heavy (non-hydrogen) atoms. The predicted octanol–water partition coefficient (Wildman–Crippen LogP) is 1.05. The number of nitrogens with zero attached hydrogens (tertiary/aromatic N) is 2. The zero-order valence-electron chi connectivity index (χ0n) is 11.7. The molecule has 0 atom stereocenters. The van der Waals surface area contributed by atoms with E-state index in [1.807, 2.05) is 20.9 Å². The van der Waals surface area contributed by atoms with Crippen LogP contribution in [0.15, 0.2) is 29.6 Å². The maximum absolute atomic E-state index is 12.2. The van der Waals surface area contributed by atoms with Crippen LogP contribution in [0.4, 0.5) is 5.69 Å². The van der Waals surface area contributed by atoms with Gasteiger partial charge in [-0.05, 0) is 6.07 Å². The van der Waals surface area contributed by atoms with Crippen molar-refractivity contribution in [2.75, 3.05) is 4.72 Å². The number of aromatic nitrogens is 3. The molecule has 0 bridgehead atoms. The average Bonchev–Trinajstić information content (AvgIpc) is 2.96. The number of rotatable bonds is 6. The number of nitrogens with one attached hydrogen (secondary N) is 3. The molecule has 0 unspecified atom stereocenters. The van der Waals surface area contributed by atoms with Gasteiger partial charge in [-0.15, -0.1) is 0 Å². The quantitative estimate of drug-likeness (QED) is 0.743. The van der Waals surface area contributed by atoms with Crippen molar-refractivity contribution in [3.8, 4) is 0 Å². The normalized spacial score (nSPS) is 12.0. The maximum atomic E-state index is 12.2. The topological polar surface area (TPSA) is 91.8 Å². The molecule has 0 aliphatic rings.